The van der Waals surface area contributed by atoms with Crippen LogP contribution in [0.5, 0.6) is 0 Å². The van der Waals surface area contributed by atoms with Crippen molar-refractivity contribution in [2.75, 3.05) is 12.3 Å². The lowest BCUT2D eigenvalue weighted by Crippen LogP contribution is -2.38. The first-order valence-electron chi connectivity index (χ1n) is 7.23. The third-order valence-corrected chi connectivity index (χ3v) is 5.72. The maximum atomic E-state index is 12.3. The number of carbonyl (C=O) groups excluding carboxylic acids is 1. The smallest absolute Gasteiger partial charge is 0.214 e. The Labute approximate surface area is 126 Å². The second-order valence-electron chi connectivity index (χ2n) is 5.29. The monoisotopic (exact) mass is 307 g/mol. The van der Waals surface area contributed by atoms with Crippen molar-refractivity contribution in [3.8, 4) is 0 Å². The van der Waals surface area contributed by atoms with E-state index in [2.05, 4.69) is 6.58 Å². The number of hydrogen-bond donors (Lipinski definition) is 0. The van der Waals surface area contributed by atoms with E-state index < -0.39 is 10.0 Å². The molecule has 4 nitrogen and oxygen atoms in total. The number of rotatable bonds is 7. The van der Waals surface area contributed by atoms with Crippen molar-refractivity contribution in [1.29, 1.82) is 0 Å². The van der Waals surface area contributed by atoms with Gasteiger partial charge in [0, 0.05) is 24.6 Å². The first kappa shape index (κ1) is 15.9. The van der Waals surface area contributed by atoms with E-state index in [1.165, 1.54) is 4.31 Å². The highest BCUT2D eigenvalue weighted by Gasteiger charge is 2.34. The van der Waals surface area contributed by atoms with Gasteiger partial charge < -0.3 is 0 Å². The lowest BCUT2D eigenvalue weighted by atomic mass is 10.0. The van der Waals surface area contributed by atoms with E-state index in [-0.39, 0.29) is 24.0 Å². The molecular formula is C16H21NO3S. The number of Topliss-reactive ketones (excluding diaryl/α,β-unsaturated/α-hetero) is 1. The van der Waals surface area contributed by atoms with Crippen molar-refractivity contribution in [3.63, 3.8) is 0 Å². The van der Waals surface area contributed by atoms with Crippen molar-refractivity contribution >= 4 is 15.8 Å². The van der Waals surface area contributed by atoms with Crippen LogP contribution in [0.1, 0.15) is 36.0 Å². The second kappa shape index (κ2) is 7.00. The van der Waals surface area contributed by atoms with Gasteiger partial charge in [0.25, 0.3) is 0 Å². The predicted octanol–water partition coefficient (Wildman–Crippen LogP) is 2.63. The highest BCUT2D eigenvalue weighted by molar-refractivity contribution is 7.89. The molecule has 0 aromatic heterocycles. The number of ketones is 1. The molecular weight excluding hydrogens is 286 g/mol. The summed E-state index contributed by atoms with van der Waals surface area (Å²) in [5, 5.41) is 0. The summed E-state index contributed by atoms with van der Waals surface area (Å²) in [5.41, 5.74) is 0.646. The number of allylic oxidation sites excluding steroid dienone is 1. The number of benzene rings is 1. The molecule has 1 aromatic carbocycles. The lowest BCUT2D eigenvalue weighted by Gasteiger charge is -2.23. The molecule has 1 aromatic rings. The largest absolute Gasteiger partial charge is 0.294 e. The van der Waals surface area contributed by atoms with Crippen molar-refractivity contribution in [1.82, 2.24) is 4.31 Å². The number of sulfonamides is 1. The van der Waals surface area contributed by atoms with Gasteiger partial charge in [0.05, 0.1) is 5.75 Å². The summed E-state index contributed by atoms with van der Waals surface area (Å²) in [5.74, 6) is 0.0819. The van der Waals surface area contributed by atoms with Gasteiger partial charge >= 0.3 is 0 Å². The minimum Gasteiger partial charge on any atom is -0.294 e. The molecule has 2 rings (SSSR count). The zero-order valence-electron chi connectivity index (χ0n) is 12.1. The minimum absolute atomic E-state index is 0.00595. The van der Waals surface area contributed by atoms with E-state index in [4.69, 9.17) is 0 Å². The fourth-order valence-electron chi connectivity index (χ4n) is 2.68. The summed E-state index contributed by atoms with van der Waals surface area (Å²) in [6, 6.07) is 8.84. The Bertz CT molecular complexity index is 595. The number of nitrogens with zero attached hydrogens (tertiary/aromatic N) is 1. The zero-order chi connectivity index (χ0) is 15.3. The van der Waals surface area contributed by atoms with E-state index in [1.54, 1.807) is 18.2 Å². The van der Waals surface area contributed by atoms with Crippen LogP contribution >= 0.6 is 0 Å². The Balaban J connectivity index is 2.05. The number of carbonyl (C=O) groups is 1. The third-order valence-electron chi connectivity index (χ3n) is 3.78. The molecule has 21 heavy (non-hydrogen) atoms. The Hall–Kier alpha value is -1.46. The quantitative estimate of drug-likeness (QED) is 0.575. The predicted molar refractivity (Wildman–Crippen MR) is 83.7 cm³/mol. The van der Waals surface area contributed by atoms with Crippen LogP contribution in [0.2, 0.25) is 0 Å². The zero-order valence-corrected chi connectivity index (χ0v) is 12.9. The van der Waals surface area contributed by atoms with Crippen molar-refractivity contribution in [2.45, 2.75) is 31.7 Å². The first-order valence-corrected chi connectivity index (χ1v) is 8.84. The average Bonchev–Trinajstić information content (AvgIpc) is 2.95. The summed E-state index contributed by atoms with van der Waals surface area (Å²) in [7, 11) is -3.29. The molecule has 5 heteroatoms. The summed E-state index contributed by atoms with van der Waals surface area (Å²) in [6.45, 7) is 4.08. The van der Waals surface area contributed by atoms with E-state index >= 15 is 0 Å². The normalized spacial score (nSPS) is 19.5. The molecule has 0 aliphatic carbocycles. The highest BCUT2D eigenvalue weighted by atomic mass is 32.2. The molecule has 1 heterocycles. The van der Waals surface area contributed by atoms with E-state index in [0.29, 0.717) is 18.5 Å². The standard InChI is InChI=1S/C16H21NO3S/c1-2-3-12-21(19,20)17-11-7-10-15(17)13-16(18)14-8-5-4-6-9-14/h2,4-6,8-9,15H,1,3,7,10-13H2/t15-/m1/s1. The van der Waals surface area contributed by atoms with Crippen LogP contribution in [0.25, 0.3) is 0 Å². The van der Waals surface area contributed by atoms with Crippen LogP contribution in [0, 0.1) is 0 Å². The molecule has 114 valence electrons. The first-order chi connectivity index (χ1) is 10.0. The average molecular weight is 307 g/mol. The molecule has 1 atom stereocenters. The maximum Gasteiger partial charge on any atom is 0.214 e. The van der Waals surface area contributed by atoms with Crippen LogP contribution in [0.4, 0.5) is 0 Å². The summed E-state index contributed by atoms with van der Waals surface area (Å²) in [4.78, 5) is 12.2. The fraction of sp³-hybridized carbons (Fsp3) is 0.438. The van der Waals surface area contributed by atoms with Gasteiger partial charge in [-0.3, -0.25) is 4.79 Å². The molecule has 1 saturated heterocycles. The van der Waals surface area contributed by atoms with E-state index in [9.17, 15) is 13.2 Å². The summed E-state index contributed by atoms with van der Waals surface area (Å²) < 4.78 is 26.1. The molecule has 1 aliphatic heterocycles. The van der Waals surface area contributed by atoms with Gasteiger partial charge in [-0.2, -0.15) is 4.31 Å². The van der Waals surface area contributed by atoms with E-state index in [1.807, 2.05) is 18.2 Å². The maximum absolute atomic E-state index is 12.3. The fourth-order valence-corrected chi connectivity index (χ4v) is 4.43. The van der Waals surface area contributed by atoms with Crippen LogP contribution < -0.4 is 0 Å². The van der Waals surface area contributed by atoms with Gasteiger partial charge in [0.2, 0.25) is 10.0 Å². The highest BCUT2D eigenvalue weighted by Crippen LogP contribution is 2.25. The van der Waals surface area contributed by atoms with Gasteiger partial charge in [-0.1, -0.05) is 36.4 Å². The molecule has 0 N–H and O–H groups in total. The molecule has 0 bridgehead atoms. The Kier molecular flexibility index (Phi) is 5.31. The molecule has 0 saturated carbocycles. The van der Waals surface area contributed by atoms with Crippen molar-refractivity contribution in [3.05, 3.63) is 48.6 Å². The third kappa shape index (κ3) is 4.02. The molecule has 0 amide bonds. The molecule has 0 spiro atoms. The van der Waals surface area contributed by atoms with Gasteiger partial charge in [0.1, 0.15) is 0 Å². The van der Waals surface area contributed by atoms with Crippen LogP contribution in [-0.2, 0) is 10.0 Å². The molecule has 0 unspecified atom stereocenters. The summed E-state index contributed by atoms with van der Waals surface area (Å²) >= 11 is 0. The molecule has 1 fully saturated rings. The van der Waals surface area contributed by atoms with Crippen LogP contribution in [-0.4, -0.2) is 36.8 Å². The number of hydrogen-bond acceptors (Lipinski definition) is 3. The topological polar surface area (TPSA) is 54.5 Å². The van der Waals surface area contributed by atoms with Gasteiger partial charge in [-0.05, 0) is 19.3 Å². The lowest BCUT2D eigenvalue weighted by molar-refractivity contribution is 0.0961. The van der Waals surface area contributed by atoms with Gasteiger partial charge in [0.15, 0.2) is 5.78 Å². The van der Waals surface area contributed by atoms with Crippen molar-refractivity contribution < 1.29 is 13.2 Å². The van der Waals surface area contributed by atoms with Gasteiger partial charge in [-0.15, -0.1) is 6.58 Å². The minimum atomic E-state index is -3.29. The second-order valence-corrected chi connectivity index (χ2v) is 7.33. The SMILES string of the molecule is C=CCCS(=O)(=O)N1CCC[C@@H]1CC(=O)c1ccccc1. The molecule has 1 aliphatic rings. The van der Waals surface area contributed by atoms with Crippen molar-refractivity contribution in [2.24, 2.45) is 0 Å². The Morgan fingerprint density at radius 1 is 1.33 bits per heavy atom. The summed E-state index contributed by atoms with van der Waals surface area (Å²) in [6.07, 6.45) is 3.89. The van der Waals surface area contributed by atoms with Crippen LogP contribution in [0.15, 0.2) is 43.0 Å². The molecule has 0 radical (unpaired) electrons. The van der Waals surface area contributed by atoms with E-state index in [0.717, 1.165) is 12.8 Å². The van der Waals surface area contributed by atoms with Gasteiger partial charge in [-0.25, -0.2) is 8.42 Å². The Morgan fingerprint density at radius 3 is 2.71 bits per heavy atom. The van der Waals surface area contributed by atoms with Crippen LogP contribution in [0.3, 0.4) is 0 Å². The Morgan fingerprint density at radius 2 is 2.05 bits per heavy atom.